The minimum Gasteiger partial charge on any atom is -0.369 e. The van der Waals surface area contributed by atoms with E-state index in [-0.39, 0.29) is 5.96 Å². The van der Waals surface area contributed by atoms with Gasteiger partial charge >= 0.3 is 0 Å². The molecule has 0 radical (unpaired) electrons. The molecule has 1 aromatic carbocycles. The second-order valence-corrected chi connectivity index (χ2v) is 4.65. The molecular formula is C11H10ClN5S. The van der Waals surface area contributed by atoms with Crippen LogP contribution in [-0.4, -0.2) is 17.2 Å². The third kappa shape index (κ3) is 3.28. The lowest BCUT2D eigenvalue weighted by Crippen LogP contribution is -2.21. The fraction of sp³-hybridized carbons (Fsp3) is 0. The van der Waals surface area contributed by atoms with E-state index in [1.807, 2.05) is 29.6 Å². The first-order chi connectivity index (χ1) is 8.65. The number of nitrogens with zero attached hydrogens (tertiary/aromatic N) is 3. The van der Waals surface area contributed by atoms with Gasteiger partial charge in [0.25, 0.3) is 0 Å². The molecule has 0 spiro atoms. The molecule has 2 rings (SSSR count). The smallest absolute Gasteiger partial charge is 0.211 e. The predicted molar refractivity (Wildman–Crippen MR) is 76.0 cm³/mol. The summed E-state index contributed by atoms with van der Waals surface area (Å²) < 4.78 is 0. The standard InChI is InChI=1S/C11H10ClN5S/c12-8-3-1-7(2-4-8)10-16-9(6-18-10)5-15-17-11(13)14/h1-6H,(H4,13,14,17)/b15-5+. The van der Waals surface area contributed by atoms with Crippen LogP contribution in [-0.2, 0) is 0 Å². The van der Waals surface area contributed by atoms with Crippen LogP contribution in [0.5, 0.6) is 0 Å². The second-order valence-electron chi connectivity index (χ2n) is 3.35. The molecule has 5 nitrogen and oxygen atoms in total. The molecule has 18 heavy (non-hydrogen) atoms. The topological polar surface area (TPSA) is 89.7 Å². The number of aromatic nitrogens is 1. The van der Waals surface area contributed by atoms with Gasteiger partial charge in [-0.3, -0.25) is 0 Å². The predicted octanol–water partition coefficient (Wildman–Crippen LogP) is 2.07. The summed E-state index contributed by atoms with van der Waals surface area (Å²) >= 11 is 7.34. The molecule has 0 fully saturated rings. The van der Waals surface area contributed by atoms with E-state index in [0.717, 1.165) is 10.6 Å². The van der Waals surface area contributed by atoms with E-state index in [9.17, 15) is 0 Å². The quantitative estimate of drug-likeness (QED) is 0.512. The first-order valence-electron chi connectivity index (χ1n) is 4.98. The molecule has 0 bridgehead atoms. The number of nitrogens with two attached hydrogens (primary N) is 2. The monoisotopic (exact) mass is 279 g/mol. The van der Waals surface area contributed by atoms with Gasteiger partial charge in [-0.1, -0.05) is 23.7 Å². The molecule has 1 heterocycles. The molecule has 0 aliphatic carbocycles. The lowest BCUT2D eigenvalue weighted by molar-refractivity contribution is 1.21. The fourth-order valence-electron chi connectivity index (χ4n) is 1.23. The van der Waals surface area contributed by atoms with Crippen molar-refractivity contribution in [3.05, 3.63) is 40.4 Å². The van der Waals surface area contributed by atoms with Gasteiger partial charge in [0.15, 0.2) is 0 Å². The Morgan fingerprint density at radius 1 is 1.28 bits per heavy atom. The summed E-state index contributed by atoms with van der Waals surface area (Å²) in [5.74, 6) is -0.0839. The highest BCUT2D eigenvalue weighted by atomic mass is 35.5. The number of benzene rings is 1. The van der Waals surface area contributed by atoms with Gasteiger partial charge in [0, 0.05) is 16.0 Å². The van der Waals surface area contributed by atoms with Crippen LogP contribution in [0.25, 0.3) is 10.6 Å². The van der Waals surface area contributed by atoms with Gasteiger partial charge in [0.05, 0.1) is 11.9 Å². The second kappa shape index (κ2) is 5.61. The van der Waals surface area contributed by atoms with E-state index in [4.69, 9.17) is 23.1 Å². The number of hydrogen-bond donors (Lipinski definition) is 2. The maximum absolute atomic E-state index is 5.83. The molecule has 0 saturated carbocycles. The highest BCUT2D eigenvalue weighted by molar-refractivity contribution is 7.13. The highest BCUT2D eigenvalue weighted by Crippen LogP contribution is 2.24. The first kappa shape index (κ1) is 12.5. The Kier molecular flexibility index (Phi) is 3.91. The average Bonchev–Trinajstić information content (AvgIpc) is 2.78. The van der Waals surface area contributed by atoms with Crippen molar-refractivity contribution >= 4 is 35.1 Å². The number of guanidine groups is 1. The van der Waals surface area contributed by atoms with Gasteiger partial charge in [-0.05, 0) is 12.1 Å². The van der Waals surface area contributed by atoms with E-state index in [1.165, 1.54) is 17.6 Å². The van der Waals surface area contributed by atoms with Gasteiger partial charge in [0.2, 0.25) is 5.96 Å². The van der Waals surface area contributed by atoms with Crippen molar-refractivity contribution in [2.75, 3.05) is 0 Å². The lowest BCUT2D eigenvalue weighted by Gasteiger charge is -1.94. The normalized spacial score (nSPS) is 10.7. The Bertz CT molecular complexity index is 584. The minimum atomic E-state index is -0.0839. The average molecular weight is 280 g/mol. The summed E-state index contributed by atoms with van der Waals surface area (Å²) in [7, 11) is 0. The molecule has 2 aromatic rings. The molecule has 4 N–H and O–H groups in total. The minimum absolute atomic E-state index is 0.0839. The number of halogens is 1. The van der Waals surface area contributed by atoms with Crippen molar-refractivity contribution in [1.82, 2.24) is 4.98 Å². The van der Waals surface area contributed by atoms with Gasteiger partial charge in [-0.15, -0.1) is 16.4 Å². The molecule has 0 aliphatic rings. The van der Waals surface area contributed by atoms with Crippen molar-refractivity contribution < 1.29 is 0 Å². The van der Waals surface area contributed by atoms with Crippen LogP contribution in [0.3, 0.4) is 0 Å². The Morgan fingerprint density at radius 3 is 2.67 bits per heavy atom. The van der Waals surface area contributed by atoms with Gasteiger partial charge < -0.3 is 11.5 Å². The molecule has 0 atom stereocenters. The summed E-state index contributed by atoms with van der Waals surface area (Å²) in [4.78, 5) is 4.38. The Labute approximate surface area is 113 Å². The van der Waals surface area contributed by atoms with Crippen molar-refractivity contribution in [1.29, 1.82) is 0 Å². The largest absolute Gasteiger partial charge is 0.369 e. The van der Waals surface area contributed by atoms with E-state index >= 15 is 0 Å². The summed E-state index contributed by atoms with van der Waals surface area (Å²) in [6.07, 6.45) is 1.50. The van der Waals surface area contributed by atoms with Crippen LogP contribution in [0.1, 0.15) is 5.69 Å². The lowest BCUT2D eigenvalue weighted by atomic mass is 10.2. The van der Waals surface area contributed by atoms with Crippen LogP contribution in [0.2, 0.25) is 5.02 Å². The molecule has 0 saturated heterocycles. The zero-order chi connectivity index (χ0) is 13.0. The van der Waals surface area contributed by atoms with Crippen LogP contribution >= 0.6 is 22.9 Å². The fourth-order valence-corrected chi connectivity index (χ4v) is 2.13. The molecule has 1 aromatic heterocycles. The zero-order valence-corrected chi connectivity index (χ0v) is 10.8. The highest BCUT2D eigenvalue weighted by Gasteiger charge is 2.03. The van der Waals surface area contributed by atoms with E-state index in [1.54, 1.807) is 0 Å². The Balaban J connectivity index is 2.18. The van der Waals surface area contributed by atoms with E-state index in [0.29, 0.717) is 10.7 Å². The number of hydrogen-bond acceptors (Lipinski definition) is 4. The Hall–Kier alpha value is -1.92. The zero-order valence-electron chi connectivity index (χ0n) is 9.25. The summed E-state index contributed by atoms with van der Waals surface area (Å²) in [6.45, 7) is 0. The third-order valence-electron chi connectivity index (χ3n) is 1.98. The molecule has 0 amide bonds. The molecule has 0 aliphatic heterocycles. The van der Waals surface area contributed by atoms with Crippen molar-refractivity contribution in [2.24, 2.45) is 21.7 Å². The third-order valence-corrected chi connectivity index (χ3v) is 3.14. The van der Waals surface area contributed by atoms with E-state index < -0.39 is 0 Å². The maximum atomic E-state index is 5.83. The molecule has 0 unspecified atom stereocenters. The van der Waals surface area contributed by atoms with Crippen molar-refractivity contribution in [3.8, 4) is 10.6 Å². The molecule has 7 heteroatoms. The summed E-state index contributed by atoms with van der Waals surface area (Å²) in [5.41, 5.74) is 12.0. The van der Waals surface area contributed by atoms with Gasteiger partial charge in [0.1, 0.15) is 5.01 Å². The Morgan fingerprint density at radius 2 is 2.00 bits per heavy atom. The van der Waals surface area contributed by atoms with Crippen molar-refractivity contribution in [2.45, 2.75) is 0 Å². The number of thiazole rings is 1. The van der Waals surface area contributed by atoms with Crippen LogP contribution in [0.4, 0.5) is 0 Å². The molecule has 92 valence electrons. The van der Waals surface area contributed by atoms with Crippen LogP contribution in [0.15, 0.2) is 39.8 Å². The van der Waals surface area contributed by atoms with Crippen LogP contribution in [0, 0.1) is 0 Å². The summed E-state index contributed by atoms with van der Waals surface area (Å²) in [6, 6.07) is 7.48. The number of rotatable bonds is 3. The van der Waals surface area contributed by atoms with Gasteiger partial charge in [-0.25, -0.2) is 4.98 Å². The van der Waals surface area contributed by atoms with Crippen LogP contribution < -0.4 is 11.5 Å². The van der Waals surface area contributed by atoms with E-state index in [2.05, 4.69) is 15.2 Å². The molecular weight excluding hydrogens is 270 g/mol. The van der Waals surface area contributed by atoms with Crippen molar-refractivity contribution in [3.63, 3.8) is 0 Å². The first-order valence-corrected chi connectivity index (χ1v) is 6.24. The maximum Gasteiger partial charge on any atom is 0.211 e. The van der Waals surface area contributed by atoms with Gasteiger partial charge in [-0.2, -0.15) is 5.10 Å². The summed E-state index contributed by atoms with van der Waals surface area (Å²) in [5, 5.41) is 10.7. The SMILES string of the molecule is NC(N)=N/N=C/c1csc(-c2ccc(Cl)cc2)n1.